The first-order chi connectivity index (χ1) is 10.1. The summed E-state index contributed by atoms with van der Waals surface area (Å²) >= 11 is 0. The van der Waals surface area contributed by atoms with Crippen molar-refractivity contribution in [1.29, 1.82) is 0 Å². The minimum Gasteiger partial charge on any atom is -0.550 e. The summed E-state index contributed by atoms with van der Waals surface area (Å²) in [6.45, 7) is 0. The highest BCUT2D eigenvalue weighted by Gasteiger charge is 2.68. The minimum absolute atomic E-state index is 0.0287. The fourth-order valence-corrected chi connectivity index (χ4v) is 4.42. The van der Waals surface area contributed by atoms with Crippen LogP contribution in [0.1, 0.15) is 12.8 Å². The molecule has 2 bridgehead atoms. The molecule has 4 nitrogen and oxygen atoms in total. The SMILES string of the molecule is O=C([O-])[C@H]1[C@H](C(=O)Nc2ccccc2)[C@@H]2C=C[C@H]1C21CC1. The normalized spacial score (nSPS) is 34.1. The highest BCUT2D eigenvalue weighted by atomic mass is 16.4. The molecule has 1 N–H and O–H groups in total. The van der Waals surface area contributed by atoms with Gasteiger partial charge in [-0.1, -0.05) is 30.4 Å². The molecular weight excluding hydrogens is 266 g/mol. The van der Waals surface area contributed by atoms with Crippen molar-refractivity contribution in [2.45, 2.75) is 12.8 Å². The number of para-hydroxylation sites is 1. The lowest BCUT2D eigenvalue weighted by Crippen LogP contribution is -2.42. The Balaban J connectivity index is 1.63. The molecule has 0 heterocycles. The zero-order chi connectivity index (χ0) is 14.6. The molecule has 1 amide bonds. The van der Waals surface area contributed by atoms with Gasteiger partial charge in [-0.05, 0) is 42.2 Å². The van der Waals surface area contributed by atoms with Crippen molar-refractivity contribution in [2.75, 3.05) is 5.32 Å². The topological polar surface area (TPSA) is 69.2 Å². The number of aliphatic carboxylic acids is 1. The van der Waals surface area contributed by atoms with Gasteiger partial charge in [-0.25, -0.2) is 0 Å². The van der Waals surface area contributed by atoms with Gasteiger partial charge in [0.2, 0.25) is 5.91 Å². The fraction of sp³-hybridized carbons (Fsp3) is 0.412. The molecule has 3 aliphatic carbocycles. The van der Waals surface area contributed by atoms with E-state index in [2.05, 4.69) is 5.32 Å². The van der Waals surface area contributed by atoms with Crippen molar-refractivity contribution < 1.29 is 14.7 Å². The highest BCUT2D eigenvalue weighted by molar-refractivity contribution is 5.96. The third-order valence-corrected chi connectivity index (χ3v) is 5.46. The van der Waals surface area contributed by atoms with E-state index in [9.17, 15) is 14.7 Å². The lowest BCUT2D eigenvalue weighted by atomic mass is 9.82. The molecule has 1 spiro atoms. The van der Waals surface area contributed by atoms with Crippen LogP contribution in [0, 0.1) is 29.1 Å². The third kappa shape index (κ3) is 1.68. The molecule has 4 heteroatoms. The van der Waals surface area contributed by atoms with Crippen LogP contribution in [0.3, 0.4) is 0 Å². The first-order valence-corrected chi connectivity index (χ1v) is 7.38. The number of rotatable bonds is 3. The summed E-state index contributed by atoms with van der Waals surface area (Å²) in [7, 11) is 0. The van der Waals surface area contributed by atoms with E-state index in [1.807, 2.05) is 42.5 Å². The van der Waals surface area contributed by atoms with E-state index in [0.29, 0.717) is 5.69 Å². The average molecular weight is 282 g/mol. The van der Waals surface area contributed by atoms with Gasteiger partial charge >= 0.3 is 0 Å². The van der Waals surface area contributed by atoms with Gasteiger partial charge in [-0.15, -0.1) is 0 Å². The number of carbonyl (C=O) groups excluding carboxylic acids is 2. The summed E-state index contributed by atoms with van der Waals surface area (Å²) in [5.41, 5.74) is 0.736. The Morgan fingerprint density at radius 1 is 1.05 bits per heavy atom. The van der Waals surface area contributed by atoms with E-state index in [-0.39, 0.29) is 23.2 Å². The molecule has 0 radical (unpaired) electrons. The van der Waals surface area contributed by atoms with Gasteiger partial charge in [0.05, 0.1) is 5.92 Å². The zero-order valence-electron chi connectivity index (χ0n) is 11.5. The Morgan fingerprint density at radius 3 is 2.24 bits per heavy atom. The van der Waals surface area contributed by atoms with Crippen molar-refractivity contribution in [1.82, 2.24) is 0 Å². The largest absolute Gasteiger partial charge is 0.550 e. The molecule has 0 saturated heterocycles. The number of amides is 1. The summed E-state index contributed by atoms with van der Waals surface area (Å²) in [6, 6.07) is 9.17. The van der Waals surface area contributed by atoms with E-state index < -0.39 is 17.8 Å². The van der Waals surface area contributed by atoms with E-state index in [1.165, 1.54) is 0 Å². The number of hydrogen-bond acceptors (Lipinski definition) is 3. The summed E-state index contributed by atoms with van der Waals surface area (Å²) < 4.78 is 0. The standard InChI is InChI=1S/C17H17NO3/c19-15(18-10-4-2-1-3-5-10)13-11-6-7-12(14(13)16(20)21)17(11)8-9-17/h1-7,11-14H,8-9H2,(H,18,19)(H,20,21)/p-1/t11-,12+,13+,14+/m0/s1. The number of benzene rings is 1. The number of carbonyl (C=O) groups is 2. The van der Waals surface area contributed by atoms with Crippen molar-refractivity contribution in [3.05, 3.63) is 42.5 Å². The first-order valence-electron chi connectivity index (χ1n) is 7.38. The van der Waals surface area contributed by atoms with Crippen LogP contribution in [0.2, 0.25) is 0 Å². The molecule has 1 aromatic carbocycles. The van der Waals surface area contributed by atoms with Crippen molar-refractivity contribution >= 4 is 17.6 Å². The predicted molar refractivity (Wildman–Crippen MR) is 74.8 cm³/mol. The summed E-state index contributed by atoms with van der Waals surface area (Å²) in [5.74, 6) is -2.46. The number of hydrogen-bond donors (Lipinski definition) is 1. The Kier molecular flexibility index (Phi) is 2.52. The molecule has 21 heavy (non-hydrogen) atoms. The molecule has 0 aliphatic heterocycles. The van der Waals surface area contributed by atoms with Gasteiger partial charge in [-0.3, -0.25) is 4.79 Å². The van der Waals surface area contributed by atoms with E-state index in [0.717, 1.165) is 12.8 Å². The second-order valence-corrected chi connectivity index (χ2v) is 6.40. The van der Waals surface area contributed by atoms with Crippen LogP contribution in [-0.4, -0.2) is 11.9 Å². The number of carboxylic acid groups (broad SMARTS) is 1. The Labute approximate surface area is 122 Å². The van der Waals surface area contributed by atoms with Crippen LogP contribution in [0.4, 0.5) is 5.69 Å². The monoisotopic (exact) mass is 282 g/mol. The first kappa shape index (κ1) is 12.6. The molecule has 1 aromatic rings. The molecule has 0 aromatic heterocycles. The minimum atomic E-state index is -1.09. The maximum Gasteiger partial charge on any atom is 0.228 e. The van der Waals surface area contributed by atoms with Gasteiger partial charge in [0.1, 0.15) is 0 Å². The van der Waals surface area contributed by atoms with Crippen molar-refractivity contribution in [3.63, 3.8) is 0 Å². The molecule has 4 rings (SSSR count). The zero-order valence-corrected chi connectivity index (χ0v) is 11.5. The molecule has 2 saturated carbocycles. The average Bonchev–Trinajstić information content (AvgIpc) is 3.13. The van der Waals surface area contributed by atoms with E-state index in [4.69, 9.17) is 0 Å². The summed E-state index contributed by atoms with van der Waals surface area (Å²) in [6.07, 6.45) is 6.08. The second-order valence-electron chi connectivity index (χ2n) is 6.40. The molecule has 0 unspecified atom stereocenters. The lowest BCUT2D eigenvalue weighted by molar-refractivity contribution is -0.313. The van der Waals surface area contributed by atoms with Crippen LogP contribution >= 0.6 is 0 Å². The van der Waals surface area contributed by atoms with Crippen LogP contribution in [0.15, 0.2) is 42.5 Å². The van der Waals surface area contributed by atoms with Gasteiger partial charge in [-0.2, -0.15) is 0 Å². The Bertz CT molecular complexity index is 633. The molecule has 108 valence electrons. The van der Waals surface area contributed by atoms with Crippen LogP contribution in [-0.2, 0) is 9.59 Å². The summed E-state index contributed by atoms with van der Waals surface area (Å²) in [5, 5.41) is 14.4. The number of carboxylic acids is 1. The van der Waals surface area contributed by atoms with Crippen molar-refractivity contribution in [3.8, 4) is 0 Å². The number of nitrogens with one attached hydrogen (secondary N) is 1. The predicted octanol–water partition coefficient (Wildman–Crippen LogP) is 1.20. The number of anilines is 1. The van der Waals surface area contributed by atoms with E-state index >= 15 is 0 Å². The Hall–Kier alpha value is -2.10. The molecular formula is C17H16NO3-. The quantitative estimate of drug-likeness (QED) is 0.847. The molecule has 3 aliphatic rings. The van der Waals surface area contributed by atoms with Gasteiger partial charge in [0.15, 0.2) is 0 Å². The smallest absolute Gasteiger partial charge is 0.228 e. The fourth-order valence-electron chi connectivity index (χ4n) is 4.42. The lowest BCUT2D eigenvalue weighted by Gasteiger charge is -2.27. The van der Waals surface area contributed by atoms with Gasteiger partial charge < -0.3 is 15.2 Å². The third-order valence-electron chi connectivity index (χ3n) is 5.46. The second kappa shape index (κ2) is 4.20. The number of allylic oxidation sites excluding steroid dienone is 2. The van der Waals surface area contributed by atoms with Crippen LogP contribution in [0.25, 0.3) is 0 Å². The van der Waals surface area contributed by atoms with Gasteiger partial charge in [0.25, 0.3) is 0 Å². The maximum atomic E-state index is 12.6. The Morgan fingerprint density at radius 2 is 1.67 bits per heavy atom. The summed E-state index contributed by atoms with van der Waals surface area (Å²) in [4.78, 5) is 24.1. The van der Waals surface area contributed by atoms with Crippen LogP contribution < -0.4 is 10.4 Å². The molecule has 2 fully saturated rings. The van der Waals surface area contributed by atoms with E-state index in [1.54, 1.807) is 0 Å². The highest BCUT2D eigenvalue weighted by Crippen LogP contribution is 2.71. The van der Waals surface area contributed by atoms with Gasteiger partial charge in [0, 0.05) is 17.6 Å². The molecule has 4 atom stereocenters. The van der Waals surface area contributed by atoms with Crippen LogP contribution in [0.5, 0.6) is 0 Å². The maximum absolute atomic E-state index is 12.6. The van der Waals surface area contributed by atoms with Crippen molar-refractivity contribution in [2.24, 2.45) is 29.1 Å².